The molecular formula is C23H20N4O5S2. The summed E-state index contributed by atoms with van der Waals surface area (Å²) >= 11 is 2.13. The molecule has 0 aromatic carbocycles. The van der Waals surface area contributed by atoms with Crippen LogP contribution in [0.4, 0.5) is 5.13 Å². The van der Waals surface area contributed by atoms with Crippen LogP contribution in [0, 0.1) is 20.8 Å². The Morgan fingerprint density at radius 1 is 1.21 bits per heavy atom. The molecule has 1 aliphatic heterocycles. The minimum absolute atomic E-state index is 0.0288. The van der Waals surface area contributed by atoms with Crippen LogP contribution in [0.15, 0.2) is 48.5 Å². The molecule has 0 spiro atoms. The summed E-state index contributed by atoms with van der Waals surface area (Å²) < 4.78 is 5.11. The van der Waals surface area contributed by atoms with Gasteiger partial charge >= 0.3 is 5.97 Å². The molecule has 11 heteroatoms. The van der Waals surface area contributed by atoms with Crippen molar-refractivity contribution in [1.29, 1.82) is 0 Å². The Morgan fingerprint density at radius 2 is 1.94 bits per heavy atom. The summed E-state index contributed by atoms with van der Waals surface area (Å²) in [5, 5.41) is 11.7. The average molecular weight is 497 g/mol. The number of aliphatic hydroxyl groups is 1. The molecule has 0 aliphatic carbocycles. The lowest BCUT2D eigenvalue weighted by molar-refractivity contribution is -0.117. The number of pyridine rings is 1. The lowest BCUT2D eigenvalue weighted by Crippen LogP contribution is -2.31. The maximum absolute atomic E-state index is 13.5. The number of ether oxygens (including phenoxy) is 1. The summed E-state index contributed by atoms with van der Waals surface area (Å²) in [6, 6.07) is 2.38. The normalized spacial score (nSPS) is 15.7. The van der Waals surface area contributed by atoms with E-state index in [0.717, 1.165) is 11.3 Å². The number of anilines is 1. The van der Waals surface area contributed by atoms with Crippen LogP contribution in [-0.2, 0) is 9.53 Å². The van der Waals surface area contributed by atoms with Crippen LogP contribution >= 0.6 is 22.7 Å². The summed E-state index contributed by atoms with van der Waals surface area (Å²) in [4.78, 5) is 53.8. The Balaban J connectivity index is 1.82. The summed E-state index contributed by atoms with van der Waals surface area (Å²) in [5.41, 5.74) is 1.29. The van der Waals surface area contributed by atoms with E-state index in [4.69, 9.17) is 4.74 Å². The van der Waals surface area contributed by atoms with Crippen molar-refractivity contribution in [3.63, 3.8) is 0 Å². The van der Waals surface area contributed by atoms with E-state index in [-0.39, 0.29) is 22.2 Å². The van der Waals surface area contributed by atoms with Crippen LogP contribution in [-0.4, -0.2) is 44.3 Å². The predicted molar refractivity (Wildman–Crippen MR) is 127 cm³/mol. The Bertz CT molecular complexity index is 1340. The van der Waals surface area contributed by atoms with Gasteiger partial charge < -0.3 is 9.84 Å². The first kappa shape index (κ1) is 23.5. The summed E-state index contributed by atoms with van der Waals surface area (Å²) in [6.07, 6.45) is 4.52. The van der Waals surface area contributed by atoms with Crippen LogP contribution in [0.1, 0.15) is 47.3 Å². The molecule has 0 saturated carbocycles. The Kier molecular flexibility index (Phi) is 6.40. The smallest absolute Gasteiger partial charge is 0.350 e. The fourth-order valence-corrected chi connectivity index (χ4v) is 5.49. The molecule has 0 fully saturated rings. The van der Waals surface area contributed by atoms with Crippen molar-refractivity contribution in [1.82, 2.24) is 15.0 Å². The molecule has 1 atom stereocenters. The highest BCUT2D eigenvalue weighted by Gasteiger charge is 2.47. The van der Waals surface area contributed by atoms with Crippen molar-refractivity contribution < 1.29 is 24.2 Å². The molecule has 0 saturated heterocycles. The first-order valence-electron chi connectivity index (χ1n) is 10.1. The van der Waals surface area contributed by atoms with Crippen molar-refractivity contribution >= 4 is 45.5 Å². The molecule has 1 amide bonds. The second kappa shape index (κ2) is 9.27. The van der Waals surface area contributed by atoms with Crippen LogP contribution in [0.2, 0.25) is 0 Å². The zero-order chi connectivity index (χ0) is 24.6. The molecule has 34 heavy (non-hydrogen) atoms. The number of aryl methyl sites for hydroxylation is 3. The van der Waals surface area contributed by atoms with E-state index in [1.54, 1.807) is 39.1 Å². The summed E-state index contributed by atoms with van der Waals surface area (Å²) in [6.45, 7) is 8.64. The highest BCUT2D eigenvalue weighted by Crippen LogP contribution is 2.44. The van der Waals surface area contributed by atoms with E-state index in [0.29, 0.717) is 26.8 Å². The standard InChI is InChI=1S/C23H20N4O5S2/c1-5-9-32-22(31)20-12(3)26-23(34-20)27-16(14-7-6-8-24-10-14)15(18(29)21(27)30)17(28)19-11(2)25-13(4)33-19/h5-8,10,16,29H,1,9H2,2-4H3. The number of nitrogens with zero attached hydrogens (tertiary/aromatic N) is 4. The van der Waals surface area contributed by atoms with E-state index in [1.165, 1.54) is 28.5 Å². The van der Waals surface area contributed by atoms with E-state index in [1.807, 2.05) is 0 Å². The first-order chi connectivity index (χ1) is 16.2. The molecule has 1 N–H and O–H groups in total. The lowest BCUT2D eigenvalue weighted by atomic mass is 9.96. The molecule has 9 nitrogen and oxygen atoms in total. The van der Waals surface area contributed by atoms with Crippen molar-refractivity contribution in [3.8, 4) is 0 Å². The second-order valence-electron chi connectivity index (χ2n) is 7.40. The van der Waals surface area contributed by atoms with Gasteiger partial charge in [0.15, 0.2) is 10.9 Å². The monoisotopic (exact) mass is 496 g/mol. The van der Waals surface area contributed by atoms with Crippen molar-refractivity contribution in [2.45, 2.75) is 26.8 Å². The molecule has 1 aliphatic rings. The Hall–Kier alpha value is -3.70. The molecule has 4 heterocycles. The number of aliphatic hydroxyl groups excluding tert-OH is 1. The maximum Gasteiger partial charge on any atom is 0.350 e. The number of carbonyl (C=O) groups excluding carboxylic acids is 3. The summed E-state index contributed by atoms with van der Waals surface area (Å²) in [5.74, 6) is -2.57. The van der Waals surface area contributed by atoms with Gasteiger partial charge in [-0.15, -0.1) is 11.3 Å². The Labute approximate surface area is 203 Å². The van der Waals surface area contributed by atoms with Crippen LogP contribution in [0.5, 0.6) is 0 Å². The van der Waals surface area contributed by atoms with Gasteiger partial charge in [-0.25, -0.2) is 14.8 Å². The number of rotatable bonds is 7. The van der Waals surface area contributed by atoms with Gasteiger partial charge in [0.25, 0.3) is 5.91 Å². The van der Waals surface area contributed by atoms with Crippen molar-refractivity contribution in [2.24, 2.45) is 0 Å². The SMILES string of the molecule is C=CCOC(=O)c1sc(N2C(=O)C(O)=C(C(=O)c3sc(C)nc3C)C2c2cccnc2)nc1C. The van der Waals surface area contributed by atoms with Gasteiger partial charge in [-0.05, 0) is 32.4 Å². The topological polar surface area (TPSA) is 123 Å². The number of ketones is 1. The van der Waals surface area contributed by atoms with Crippen LogP contribution in [0.3, 0.4) is 0 Å². The van der Waals surface area contributed by atoms with Gasteiger partial charge in [-0.2, -0.15) is 0 Å². The number of hydrogen-bond donors (Lipinski definition) is 1. The number of esters is 1. The number of thiazole rings is 2. The van der Waals surface area contributed by atoms with E-state index < -0.39 is 29.5 Å². The predicted octanol–water partition coefficient (Wildman–Crippen LogP) is 4.05. The average Bonchev–Trinajstić information content (AvgIpc) is 3.45. The third kappa shape index (κ3) is 4.03. The number of aromatic nitrogens is 3. The molecule has 3 aromatic rings. The van der Waals surface area contributed by atoms with Gasteiger partial charge in [0.2, 0.25) is 5.78 Å². The molecule has 4 rings (SSSR count). The molecule has 3 aromatic heterocycles. The zero-order valence-corrected chi connectivity index (χ0v) is 20.2. The quantitative estimate of drug-likeness (QED) is 0.295. The fraction of sp³-hybridized carbons (Fsp3) is 0.217. The molecule has 1 unspecified atom stereocenters. The largest absolute Gasteiger partial charge is 0.503 e. The third-order valence-corrected chi connectivity index (χ3v) is 7.28. The minimum Gasteiger partial charge on any atom is -0.503 e. The van der Waals surface area contributed by atoms with E-state index >= 15 is 0 Å². The number of Topliss-reactive ketones (excluding diaryl/α,β-unsaturated/α-hetero) is 1. The first-order valence-corrected chi connectivity index (χ1v) is 11.8. The number of hydrogen-bond acceptors (Lipinski definition) is 10. The van der Waals surface area contributed by atoms with E-state index in [9.17, 15) is 19.5 Å². The zero-order valence-electron chi connectivity index (χ0n) is 18.6. The maximum atomic E-state index is 13.5. The van der Waals surface area contributed by atoms with Gasteiger partial charge in [-0.3, -0.25) is 19.5 Å². The van der Waals surface area contributed by atoms with Gasteiger partial charge in [-0.1, -0.05) is 30.1 Å². The molecule has 0 bridgehead atoms. The highest BCUT2D eigenvalue weighted by atomic mass is 32.1. The van der Waals surface area contributed by atoms with Gasteiger partial charge in [0.1, 0.15) is 11.5 Å². The summed E-state index contributed by atoms with van der Waals surface area (Å²) in [7, 11) is 0. The lowest BCUT2D eigenvalue weighted by Gasteiger charge is -2.24. The fourth-order valence-electron chi connectivity index (χ4n) is 3.63. The molecule has 0 radical (unpaired) electrons. The van der Waals surface area contributed by atoms with Gasteiger partial charge in [0.05, 0.1) is 32.9 Å². The van der Waals surface area contributed by atoms with E-state index in [2.05, 4.69) is 21.5 Å². The number of carbonyl (C=O) groups is 3. The molecule has 174 valence electrons. The van der Waals surface area contributed by atoms with Crippen LogP contribution in [0.25, 0.3) is 0 Å². The highest BCUT2D eigenvalue weighted by molar-refractivity contribution is 7.17. The van der Waals surface area contributed by atoms with Gasteiger partial charge in [0, 0.05) is 12.4 Å². The Morgan fingerprint density at radius 3 is 2.56 bits per heavy atom. The second-order valence-corrected chi connectivity index (χ2v) is 9.58. The number of amides is 1. The minimum atomic E-state index is -0.988. The third-order valence-electron chi connectivity index (χ3n) is 5.07. The van der Waals surface area contributed by atoms with Crippen molar-refractivity contribution in [3.05, 3.63) is 80.2 Å². The molecular weight excluding hydrogens is 476 g/mol. The van der Waals surface area contributed by atoms with Crippen molar-refractivity contribution in [2.75, 3.05) is 11.5 Å². The van der Waals surface area contributed by atoms with Crippen LogP contribution < -0.4 is 4.90 Å².